The molecule has 0 saturated heterocycles. The molecular weight excluding hydrogens is 252 g/mol. The Kier molecular flexibility index (Phi) is 3.16. The van der Waals surface area contributed by atoms with Gasteiger partial charge in [-0.3, -0.25) is 4.79 Å². The van der Waals surface area contributed by atoms with Crippen molar-refractivity contribution in [3.63, 3.8) is 0 Å². The second-order valence-corrected chi connectivity index (χ2v) is 4.60. The molecule has 5 nitrogen and oxygen atoms in total. The predicted octanol–water partition coefficient (Wildman–Crippen LogP) is 2.53. The summed E-state index contributed by atoms with van der Waals surface area (Å²) in [6, 6.07) is 11.3. The first-order valence-electron chi connectivity index (χ1n) is 6.37. The Balaban J connectivity index is 1.78. The highest BCUT2D eigenvalue weighted by Gasteiger charge is 2.17. The molecule has 0 fully saturated rings. The van der Waals surface area contributed by atoms with E-state index in [1.165, 1.54) is 0 Å². The monoisotopic (exact) mass is 266 g/mol. The number of nitrogens with zero attached hydrogens (tertiary/aromatic N) is 2. The topological polar surface area (TPSA) is 66.4 Å². The zero-order chi connectivity index (χ0) is 13.9. The van der Waals surface area contributed by atoms with Crippen molar-refractivity contribution in [1.82, 2.24) is 4.98 Å². The molecule has 0 unspecified atom stereocenters. The summed E-state index contributed by atoms with van der Waals surface area (Å²) >= 11 is 0. The molecule has 5 heteroatoms. The van der Waals surface area contributed by atoms with Crippen LogP contribution in [-0.4, -0.2) is 23.1 Å². The molecule has 1 aliphatic heterocycles. The summed E-state index contributed by atoms with van der Waals surface area (Å²) in [7, 11) is 0. The number of carbonyl (C=O) groups is 1. The van der Waals surface area contributed by atoms with Gasteiger partial charge in [-0.2, -0.15) is 0 Å². The Bertz CT molecular complexity index is 677. The number of benzene rings is 1. The molecule has 100 valence electrons. The third-order valence-electron chi connectivity index (χ3n) is 3.02. The molecule has 0 aliphatic carbocycles. The normalized spacial score (nSPS) is 12.9. The van der Waals surface area contributed by atoms with E-state index < -0.39 is 0 Å². The average molecular weight is 266 g/mol. The number of para-hydroxylation sites is 2. The fourth-order valence-electron chi connectivity index (χ4n) is 1.95. The minimum Gasteiger partial charge on any atom is -0.377 e. The van der Waals surface area contributed by atoms with Crippen LogP contribution in [0.4, 0.5) is 17.2 Å². The number of hydrogen-bond donors (Lipinski definition) is 2. The third-order valence-corrected chi connectivity index (χ3v) is 3.02. The minimum atomic E-state index is -0.233. The Labute approximate surface area is 116 Å². The largest absolute Gasteiger partial charge is 0.377 e. The molecule has 0 radical (unpaired) electrons. The van der Waals surface area contributed by atoms with Crippen molar-refractivity contribution in [2.45, 2.75) is 6.92 Å². The molecule has 2 heterocycles. The Morgan fingerprint density at radius 1 is 1.25 bits per heavy atom. The van der Waals surface area contributed by atoms with Crippen LogP contribution in [0.3, 0.4) is 0 Å². The van der Waals surface area contributed by atoms with Gasteiger partial charge in [0.1, 0.15) is 11.5 Å². The van der Waals surface area contributed by atoms with Crippen molar-refractivity contribution < 1.29 is 4.79 Å². The van der Waals surface area contributed by atoms with Crippen LogP contribution in [0.15, 0.2) is 47.6 Å². The fourth-order valence-corrected chi connectivity index (χ4v) is 1.95. The number of pyridine rings is 1. The van der Waals surface area contributed by atoms with E-state index in [1.807, 2.05) is 37.3 Å². The van der Waals surface area contributed by atoms with Crippen molar-refractivity contribution in [2.24, 2.45) is 4.99 Å². The molecule has 1 amide bonds. The summed E-state index contributed by atoms with van der Waals surface area (Å²) < 4.78 is 0. The van der Waals surface area contributed by atoms with Crippen LogP contribution in [0.2, 0.25) is 0 Å². The Morgan fingerprint density at radius 2 is 2.10 bits per heavy atom. The lowest BCUT2D eigenvalue weighted by Gasteiger charge is -2.16. The first kappa shape index (κ1) is 12.3. The van der Waals surface area contributed by atoms with Gasteiger partial charge >= 0.3 is 0 Å². The van der Waals surface area contributed by atoms with Crippen LogP contribution >= 0.6 is 0 Å². The number of rotatable bonds is 2. The van der Waals surface area contributed by atoms with Crippen LogP contribution in [0.1, 0.15) is 5.56 Å². The van der Waals surface area contributed by atoms with Gasteiger partial charge in [-0.15, -0.1) is 0 Å². The molecule has 0 saturated carbocycles. The van der Waals surface area contributed by atoms with E-state index in [0.29, 0.717) is 18.1 Å². The fraction of sp³-hybridized carbons (Fsp3) is 0.133. The maximum absolute atomic E-state index is 12.1. The molecule has 2 N–H and O–H groups in total. The van der Waals surface area contributed by atoms with Gasteiger partial charge in [0.2, 0.25) is 0 Å². The lowest BCUT2D eigenvalue weighted by molar-refractivity contribution is -0.110. The molecule has 20 heavy (non-hydrogen) atoms. The zero-order valence-corrected chi connectivity index (χ0v) is 11.1. The maximum atomic E-state index is 12.1. The Hall–Kier alpha value is -2.69. The number of carbonyl (C=O) groups excluding carboxylic acids is 1. The van der Waals surface area contributed by atoms with Crippen molar-refractivity contribution in [1.29, 1.82) is 0 Å². The highest BCUT2D eigenvalue weighted by molar-refractivity contribution is 6.45. The summed E-state index contributed by atoms with van der Waals surface area (Å²) in [5.41, 5.74) is 3.22. The third kappa shape index (κ3) is 2.51. The standard InChI is InChI=1S/C15H14N4O/c1-10-6-7-14(17-8-10)19-15(20)13-9-16-11-4-2-3-5-12(11)18-13/h2-8,16H,9H2,1H3,(H,17,19,20). The number of hydrogen-bond acceptors (Lipinski definition) is 4. The highest BCUT2D eigenvalue weighted by Crippen LogP contribution is 2.27. The smallest absolute Gasteiger partial charge is 0.273 e. The molecule has 1 aromatic carbocycles. The van der Waals surface area contributed by atoms with E-state index in [-0.39, 0.29) is 5.91 Å². The second kappa shape index (κ2) is 5.13. The van der Waals surface area contributed by atoms with Gasteiger partial charge in [0, 0.05) is 6.20 Å². The quantitative estimate of drug-likeness (QED) is 0.877. The number of aryl methyl sites for hydroxylation is 1. The summed E-state index contributed by atoms with van der Waals surface area (Å²) in [5.74, 6) is 0.297. The van der Waals surface area contributed by atoms with E-state index in [2.05, 4.69) is 20.6 Å². The molecular formula is C15H14N4O. The molecule has 1 aliphatic rings. The summed E-state index contributed by atoms with van der Waals surface area (Å²) in [6.07, 6.45) is 1.71. The number of amides is 1. The molecule has 0 bridgehead atoms. The Morgan fingerprint density at radius 3 is 2.90 bits per heavy atom. The number of anilines is 2. The number of aromatic nitrogens is 1. The molecule has 1 aromatic heterocycles. The predicted molar refractivity (Wildman–Crippen MR) is 79.6 cm³/mol. The lowest BCUT2D eigenvalue weighted by Crippen LogP contribution is -2.31. The van der Waals surface area contributed by atoms with E-state index in [1.54, 1.807) is 12.3 Å². The lowest BCUT2D eigenvalue weighted by atomic mass is 10.2. The molecule has 2 aromatic rings. The van der Waals surface area contributed by atoms with Crippen LogP contribution in [0.25, 0.3) is 0 Å². The van der Waals surface area contributed by atoms with E-state index in [4.69, 9.17) is 0 Å². The number of fused-ring (bicyclic) bond motifs is 1. The summed E-state index contributed by atoms with van der Waals surface area (Å²) in [6.45, 7) is 2.36. The average Bonchev–Trinajstić information content (AvgIpc) is 2.49. The summed E-state index contributed by atoms with van der Waals surface area (Å²) in [5, 5.41) is 5.93. The van der Waals surface area contributed by atoms with Gasteiger partial charge in [0.05, 0.1) is 17.9 Å². The van der Waals surface area contributed by atoms with Crippen LogP contribution in [-0.2, 0) is 4.79 Å². The van der Waals surface area contributed by atoms with Gasteiger partial charge in [0.15, 0.2) is 0 Å². The molecule has 0 spiro atoms. The van der Waals surface area contributed by atoms with Gasteiger partial charge in [0.25, 0.3) is 5.91 Å². The zero-order valence-electron chi connectivity index (χ0n) is 11.1. The second-order valence-electron chi connectivity index (χ2n) is 4.60. The van der Waals surface area contributed by atoms with Crippen LogP contribution in [0.5, 0.6) is 0 Å². The number of aliphatic imine (C=N–C) groups is 1. The van der Waals surface area contributed by atoms with Crippen molar-refractivity contribution in [3.8, 4) is 0 Å². The van der Waals surface area contributed by atoms with E-state index >= 15 is 0 Å². The van der Waals surface area contributed by atoms with Gasteiger partial charge < -0.3 is 10.6 Å². The highest BCUT2D eigenvalue weighted by atomic mass is 16.2. The molecule has 3 rings (SSSR count). The van der Waals surface area contributed by atoms with E-state index in [9.17, 15) is 4.79 Å². The van der Waals surface area contributed by atoms with Crippen LogP contribution < -0.4 is 10.6 Å². The van der Waals surface area contributed by atoms with Gasteiger partial charge in [-0.1, -0.05) is 18.2 Å². The van der Waals surface area contributed by atoms with Crippen molar-refractivity contribution >= 4 is 28.8 Å². The minimum absolute atomic E-state index is 0.233. The van der Waals surface area contributed by atoms with Crippen molar-refractivity contribution in [2.75, 3.05) is 17.2 Å². The SMILES string of the molecule is Cc1ccc(NC(=O)C2=Nc3ccccc3NC2)nc1. The van der Waals surface area contributed by atoms with E-state index in [0.717, 1.165) is 16.9 Å². The first-order valence-corrected chi connectivity index (χ1v) is 6.37. The van der Waals surface area contributed by atoms with Crippen molar-refractivity contribution in [3.05, 3.63) is 48.2 Å². The number of nitrogens with one attached hydrogen (secondary N) is 2. The first-order chi connectivity index (χ1) is 9.72. The van der Waals surface area contributed by atoms with Gasteiger partial charge in [-0.25, -0.2) is 9.98 Å². The van der Waals surface area contributed by atoms with Gasteiger partial charge in [-0.05, 0) is 30.7 Å². The van der Waals surface area contributed by atoms with Crippen LogP contribution in [0, 0.1) is 6.92 Å². The molecule has 0 atom stereocenters. The summed E-state index contributed by atoms with van der Waals surface area (Å²) in [4.78, 5) is 20.7. The maximum Gasteiger partial charge on any atom is 0.273 e.